The largest absolute Gasteiger partial charge is 0.381 e. The maximum atomic E-state index is 13.6. The molecule has 4 aliphatic rings. The van der Waals surface area contributed by atoms with Crippen molar-refractivity contribution in [2.45, 2.75) is 91.9 Å². The highest BCUT2D eigenvalue weighted by molar-refractivity contribution is 6.04. The molecule has 0 bridgehead atoms. The Balaban J connectivity index is 0.000000205. The summed E-state index contributed by atoms with van der Waals surface area (Å²) >= 11 is 0. The van der Waals surface area contributed by atoms with Crippen LogP contribution in [0.5, 0.6) is 0 Å². The van der Waals surface area contributed by atoms with Gasteiger partial charge >= 0.3 is 0 Å². The fourth-order valence-electron chi connectivity index (χ4n) is 11.3. The molecule has 454 valence electrons. The van der Waals surface area contributed by atoms with E-state index >= 15 is 0 Å². The highest BCUT2D eigenvalue weighted by atomic mass is 16.5. The molecule has 0 saturated carbocycles. The number of nitrogens with one attached hydrogen (secondary N) is 4. The minimum atomic E-state index is -0.373. The fourth-order valence-corrected chi connectivity index (χ4v) is 11.3. The molecule has 0 radical (unpaired) electrons. The Morgan fingerprint density at radius 2 is 1.00 bits per heavy atom. The molecule has 4 aromatic heterocycles. The third kappa shape index (κ3) is 15.3. The number of carbonyl (C=O) groups excluding carboxylic acids is 4. The number of pyridine rings is 2. The number of anilines is 4. The van der Waals surface area contributed by atoms with E-state index in [4.69, 9.17) is 19.4 Å². The van der Waals surface area contributed by atoms with Crippen LogP contribution in [0.3, 0.4) is 0 Å². The van der Waals surface area contributed by atoms with Crippen molar-refractivity contribution >= 4 is 46.6 Å². The minimum absolute atomic E-state index is 0.00756. The summed E-state index contributed by atoms with van der Waals surface area (Å²) in [5.41, 5.74) is 6.58. The Morgan fingerprint density at radius 3 is 1.37 bits per heavy atom. The first-order chi connectivity index (χ1) is 41.5. The quantitative estimate of drug-likeness (QED) is 0.0827. The van der Waals surface area contributed by atoms with Crippen LogP contribution in [-0.4, -0.2) is 168 Å². The average Bonchev–Trinajstić information content (AvgIpc) is 2.11. The first kappa shape index (κ1) is 62.1. The summed E-state index contributed by atoms with van der Waals surface area (Å²) in [4.78, 5) is 115. The second-order valence-electron chi connectivity index (χ2n) is 22.4. The van der Waals surface area contributed by atoms with Crippen LogP contribution in [0.25, 0.3) is 22.3 Å². The third-order valence-corrected chi connectivity index (χ3v) is 16.4. The number of hydrogen-bond acceptors (Lipinski definition) is 16. The van der Waals surface area contributed by atoms with Gasteiger partial charge in [-0.15, -0.1) is 0 Å². The van der Waals surface area contributed by atoms with Crippen LogP contribution < -0.4 is 41.4 Å². The van der Waals surface area contributed by atoms with E-state index in [-0.39, 0.29) is 59.9 Å². The Hall–Kier alpha value is -8.44. The normalized spacial score (nSPS) is 16.2. The number of ether oxygens (including phenoxy) is 2. The molecule has 4 aliphatic heterocycles. The van der Waals surface area contributed by atoms with Gasteiger partial charge in [0.15, 0.2) is 0 Å². The zero-order chi connectivity index (χ0) is 61.0. The van der Waals surface area contributed by atoms with Crippen molar-refractivity contribution in [1.29, 1.82) is 0 Å². The Morgan fingerprint density at radius 1 is 0.593 bits per heavy atom. The molecule has 4 N–H and O–H groups in total. The van der Waals surface area contributed by atoms with E-state index in [1.807, 2.05) is 66.7 Å². The van der Waals surface area contributed by atoms with Crippen LogP contribution in [0.2, 0.25) is 0 Å². The van der Waals surface area contributed by atoms with E-state index in [2.05, 4.69) is 70.8 Å². The van der Waals surface area contributed by atoms with Gasteiger partial charge < -0.3 is 59.5 Å². The van der Waals surface area contributed by atoms with Crippen molar-refractivity contribution in [2.75, 3.05) is 112 Å². The maximum Gasteiger partial charge on any atom is 0.256 e. The molecule has 4 fully saturated rings. The summed E-state index contributed by atoms with van der Waals surface area (Å²) in [6.45, 7) is 22.4. The summed E-state index contributed by atoms with van der Waals surface area (Å²) in [7, 11) is 4.24. The predicted octanol–water partition coefficient (Wildman–Crippen LogP) is 5.88. The highest BCUT2D eigenvalue weighted by Gasteiger charge is 2.30. The molecule has 2 aromatic carbocycles. The number of piperazine rings is 2. The van der Waals surface area contributed by atoms with Crippen LogP contribution in [0, 0.1) is 27.7 Å². The number of carbonyl (C=O) groups is 4. The smallest absolute Gasteiger partial charge is 0.256 e. The van der Waals surface area contributed by atoms with Gasteiger partial charge in [0.25, 0.3) is 28.8 Å². The van der Waals surface area contributed by atoms with E-state index in [9.17, 15) is 28.8 Å². The number of nitrogens with zero attached hydrogens (tertiary/aromatic N) is 10. The molecular formula is C64H80N14O8. The Bertz CT molecular complexity index is 3510. The average molecular weight is 1170 g/mol. The van der Waals surface area contributed by atoms with Gasteiger partial charge in [-0.2, -0.15) is 0 Å². The van der Waals surface area contributed by atoms with Gasteiger partial charge in [-0.1, -0.05) is 13.5 Å². The molecule has 0 atom stereocenters. The molecule has 8 heterocycles. The summed E-state index contributed by atoms with van der Waals surface area (Å²) < 4.78 is 11.1. The summed E-state index contributed by atoms with van der Waals surface area (Å²) in [6.07, 6.45) is 8.08. The summed E-state index contributed by atoms with van der Waals surface area (Å²) in [5, 5.41) is 5.76. The SMILES string of the molecule is C=CC(=O)N(c1cc(C(=O)NCc2c(C)nc(C)[nH]c2=O)cc(-c2ccc(N3CCN(C)CC3)nc2)c1)C1CCOCC1.CCC(=O)N(c1cc(C(=O)NCc2c(C)nc(C)[nH]c2=O)cc(-c2ccc(N3CCN(C)CC3)nc2)c1)C1CCOCC1. The van der Waals surface area contributed by atoms with Gasteiger partial charge in [0.05, 0.1) is 24.2 Å². The standard InChI is InChI=1S/C32H41N7O4.C32H39N7O4/c2*1-5-30(40)39(26-8-14-43-15-9-26)27-17-24(23-6-7-29(33-19-23)38-12-10-37(4)11-13-38)16-25(18-27)31(41)34-20-28-21(2)35-22(3)36-32(28)42/h6-7,16-19,26H,5,8-15,20H2,1-4H3,(H,34,41)(H,35,36,42);5-7,16-19,26H,1,8-15,20H2,2-4H3,(H,34,41)(H,35,36,42). The number of aromatic amines is 2. The number of H-pyrrole nitrogens is 2. The number of aromatic nitrogens is 6. The maximum absolute atomic E-state index is 13.6. The fraction of sp³-hybridized carbons (Fsp3) is 0.438. The van der Waals surface area contributed by atoms with Gasteiger partial charge in [-0.3, -0.25) is 28.8 Å². The molecular weight excluding hydrogens is 1090 g/mol. The monoisotopic (exact) mass is 1170 g/mol. The van der Waals surface area contributed by atoms with Crippen LogP contribution in [0.15, 0.2) is 95.3 Å². The van der Waals surface area contributed by atoms with E-state index in [1.54, 1.807) is 50.8 Å². The number of aryl methyl sites for hydroxylation is 4. The first-order valence-corrected chi connectivity index (χ1v) is 29.7. The van der Waals surface area contributed by atoms with Gasteiger partial charge in [-0.25, -0.2) is 19.9 Å². The molecule has 0 aliphatic carbocycles. The van der Waals surface area contributed by atoms with Crippen LogP contribution in [0.1, 0.15) is 93.9 Å². The summed E-state index contributed by atoms with van der Waals surface area (Å²) in [5.74, 6) is 1.90. The molecule has 6 aromatic rings. The predicted molar refractivity (Wildman–Crippen MR) is 333 cm³/mol. The molecule has 4 amide bonds. The highest BCUT2D eigenvalue weighted by Crippen LogP contribution is 2.34. The molecule has 4 saturated heterocycles. The minimum Gasteiger partial charge on any atom is -0.381 e. The topological polar surface area (TPSA) is 248 Å². The lowest BCUT2D eigenvalue weighted by atomic mass is 9.99. The van der Waals surface area contributed by atoms with Gasteiger partial charge in [0, 0.05) is 155 Å². The lowest BCUT2D eigenvalue weighted by molar-refractivity contribution is -0.119. The van der Waals surface area contributed by atoms with Crippen molar-refractivity contribution in [3.8, 4) is 22.3 Å². The van der Waals surface area contributed by atoms with Crippen molar-refractivity contribution in [3.63, 3.8) is 0 Å². The molecule has 10 rings (SSSR count). The number of benzene rings is 2. The lowest BCUT2D eigenvalue weighted by Gasteiger charge is -2.35. The first-order valence-electron chi connectivity index (χ1n) is 29.7. The van der Waals surface area contributed by atoms with E-state index in [0.717, 1.165) is 99.1 Å². The van der Waals surface area contributed by atoms with Crippen LogP contribution in [0.4, 0.5) is 23.0 Å². The van der Waals surface area contributed by atoms with E-state index < -0.39 is 0 Å². The molecule has 22 heteroatoms. The Labute approximate surface area is 502 Å². The zero-order valence-electron chi connectivity index (χ0n) is 50.5. The molecule has 0 spiro atoms. The second-order valence-corrected chi connectivity index (χ2v) is 22.4. The van der Waals surface area contributed by atoms with Crippen molar-refractivity contribution in [3.05, 3.63) is 152 Å². The van der Waals surface area contributed by atoms with Crippen molar-refractivity contribution in [2.24, 2.45) is 0 Å². The van der Waals surface area contributed by atoms with Gasteiger partial charge in [0.2, 0.25) is 5.91 Å². The molecule has 0 unspecified atom stereocenters. The number of amides is 4. The van der Waals surface area contributed by atoms with Crippen molar-refractivity contribution in [1.82, 2.24) is 50.3 Å². The van der Waals surface area contributed by atoms with Crippen LogP contribution in [-0.2, 0) is 32.2 Å². The number of hydrogen-bond donors (Lipinski definition) is 4. The zero-order valence-corrected chi connectivity index (χ0v) is 50.5. The van der Waals surface area contributed by atoms with Gasteiger partial charge in [-0.05, 0) is 145 Å². The molecule has 22 nitrogen and oxygen atoms in total. The van der Waals surface area contributed by atoms with Crippen molar-refractivity contribution < 1.29 is 28.7 Å². The number of likely N-dealkylation sites (N-methyl/N-ethyl adjacent to an activating group) is 2. The lowest BCUT2D eigenvalue weighted by Crippen LogP contribution is -2.44. The van der Waals surface area contributed by atoms with E-state index in [1.165, 1.54) is 6.08 Å². The second kappa shape index (κ2) is 28.6. The molecule has 86 heavy (non-hydrogen) atoms. The third-order valence-electron chi connectivity index (χ3n) is 16.4. The Kier molecular flexibility index (Phi) is 20.7. The van der Waals surface area contributed by atoms with E-state index in [0.29, 0.717) is 102 Å². The number of rotatable bonds is 16. The van der Waals surface area contributed by atoms with Gasteiger partial charge in [0.1, 0.15) is 23.3 Å². The van der Waals surface area contributed by atoms with Crippen LogP contribution >= 0.6 is 0 Å². The summed E-state index contributed by atoms with van der Waals surface area (Å²) in [6, 6.07) is 18.9.